The highest BCUT2D eigenvalue weighted by Crippen LogP contribution is 2.26. The number of carbonyl (C=O) groups excluding carboxylic acids is 1. The van der Waals surface area contributed by atoms with Gasteiger partial charge in [-0.3, -0.25) is 4.79 Å². The summed E-state index contributed by atoms with van der Waals surface area (Å²) >= 11 is 1.33. The molecule has 0 atom stereocenters. The molecular formula is C8H14N2O2S. The summed E-state index contributed by atoms with van der Waals surface area (Å²) in [5.41, 5.74) is 0. The van der Waals surface area contributed by atoms with Gasteiger partial charge in [-0.2, -0.15) is 0 Å². The predicted molar refractivity (Wildman–Crippen MR) is 54.9 cm³/mol. The van der Waals surface area contributed by atoms with Gasteiger partial charge in [0.2, 0.25) is 5.91 Å². The van der Waals surface area contributed by atoms with Gasteiger partial charge in [0.15, 0.2) is 0 Å². The van der Waals surface area contributed by atoms with E-state index in [-0.39, 0.29) is 5.91 Å². The summed E-state index contributed by atoms with van der Waals surface area (Å²) in [5.74, 6) is -0.143. The maximum atomic E-state index is 11.6. The lowest BCUT2D eigenvalue weighted by atomic mass is 10.2. The van der Waals surface area contributed by atoms with Crippen LogP contribution in [-0.2, 0) is 4.79 Å². The van der Waals surface area contributed by atoms with Crippen molar-refractivity contribution in [3.8, 4) is 0 Å². The molecule has 0 saturated carbocycles. The van der Waals surface area contributed by atoms with Gasteiger partial charge in [0, 0.05) is 7.05 Å². The van der Waals surface area contributed by atoms with Crippen molar-refractivity contribution in [3.63, 3.8) is 0 Å². The molecule has 0 aliphatic rings. The monoisotopic (exact) mass is 202 g/mol. The smallest absolute Gasteiger partial charge is 0.243 e. The molecule has 0 saturated heterocycles. The molecule has 4 nitrogen and oxygen atoms in total. The number of hydrogen-bond acceptors (Lipinski definition) is 4. The summed E-state index contributed by atoms with van der Waals surface area (Å²) in [7, 11) is 1.54. The highest BCUT2D eigenvalue weighted by molar-refractivity contribution is 8.04. The Labute approximate surface area is 82.3 Å². The average Bonchev–Trinajstić information content (AvgIpc) is 2.03. The number of hydrogen-bond donors (Lipinski definition) is 1. The number of carbonyl (C=O) groups is 1. The van der Waals surface area contributed by atoms with Gasteiger partial charge in [-0.25, -0.2) is 0 Å². The van der Waals surface area contributed by atoms with E-state index in [1.54, 1.807) is 19.3 Å². The molecule has 1 amide bonds. The molecule has 0 aliphatic carbocycles. The van der Waals surface area contributed by atoms with Crippen molar-refractivity contribution in [2.45, 2.75) is 18.6 Å². The second-order valence-corrected chi connectivity index (χ2v) is 4.53. The molecule has 0 spiro atoms. The fourth-order valence-corrected chi connectivity index (χ4v) is 1.47. The van der Waals surface area contributed by atoms with Gasteiger partial charge >= 0.3 is 0 Å². The third-order valence-electron chi connectivity index (χ3n) is 1.44. The number of nitrogens with zero attached hydrogens (tertiary/aromatic N) is 2. The van der Waals surface area contributed by atoms with Crippen LogP contribution in [0.1, 0.15) is 13.8 Å². The Kier molecular flexibility index (Phi) is 4.55. The summed E-state index contributed by atoms with van der Waals surface area (Å²) in [4.78, 5) is 12.8. The minimum absolute atomic E-state index is 0.143. The Morgan fingerprint density at radius 3 is 2.62 bits per heavy atom. The Morgan fingerprint density at radius 2 is 2.23 bits per heavy atom. The molecule has 0 heterocycles. The van der Waals surface area contributed by atoms with Crippen LogP contribution in [0.2, 0.25) is 0 Å². The molecule has 1 N–H and O–H groups in total. The largest absolute Gasteiger partial charge is 0.410 e. The summed E-state index contributed by atoms with van der Waals surface area (Å²) in [6.07, 6.45) is 1.06. The Bertz CT molecular complexity index is 226. The molecule has 0 aromatic heterocycles. The first-order valence-corrected chi connectivity index (χ1v) is 4.57. The molecule has 0 aliphatic heterocycles. The lowest BCUT2D eigenvalue weighted by molar-refractivity contribution is -0.127. The van der Waals surface area contributed by atoms with Gasteiger partial charge in [0.25, 0.3) is 0 Å². The van der Waals surface area contributed by atoms with Crippen molar-refractivity contribution in [2.24, 2.45) is 5.16 Å². The Balaban J connectivity index is 4.47. The Morgan fingerprint density at radius 1 is 1.69 bits per heavy atom. The summed E-state index contributed by atoms with van der Waals surface area (Å²) in [6, 6.07) is 0. The fraction of sp³-hybridized carbons (Fsp3) is 0.500. The summed E-state index contributed by atoms with van der Waals surface area (Å²) in [5, 5.41) is 12.6. The average molecular weight is 202 g/mol. The van der Waals surface area contributed by atoms with Gasteiger partial charge in [-0.05, 0) is 19.3 Å². The van der Waals surface area contributed by atoms with E-state index in [1.165, 1.54) is 23.7 Å². The third kappa shape index (κ3) is 3.50. The maximum Gasteiger partial charge on any atom is 0.243 e. The lowest BCUT2D eigenvalue weighted by Crippen LogP contribution is -2.40. The van der Waals surface area contributed by atoms with E-state index in [4.69, 9.17) is 5.21 Å². The van der Waals surface area contributed by atoms with Gasteiger partial charge in [-0.1, -0.05) is 11.7 Å². The van der Waals surface area contributed by atoms with Crippen LogP contribution in [0.5, 0.6) is 0 Å². The SMILES string of the molecule is C=CSC(C)(C)C(=O)N(C)C=NO. The van der Waals surface area contributed by atoms with E-state index in [1.807, 2.05) is 0 Å². The normalized spacial score (nSPS) is 11.6. The first kappa shape index (κ1) is 12.0. The predicted octanol–water partition coefficient (Wildman–Crippen LogP) is 1.52. The van der Waals surface area contributed by atoms with Crippen molar-refractivity contribution in [2.75, 3.05) is 7.05 Å². The van der Waals surface area contributed by atoms with Crippen molar-refractivity contribution >= 4 is 24.0 Å². The minimum atomic E-state index is -0.586. The topological polar surface area (TPSA) is 52.9 Å². The van der Waals surface area contributed by atoms with E-state index in [9.17, 15) is 4.79 Å². The van der Waals surface area contributed by atoms with Crippen LogP contribution in [0.25, 0.3) is 0 Å². The zero-order chi connectivity index (χ0) is 10.5. The number of rotatable bonds is 4. The van der Waals surface area contributed by atoms with Gasteiger partial charge in [0.1, 0.15) is 6.34 Å². The van der Waals surface area contributed by atoms with E-state index in [0.29, 0.717) is 0 Å². The molecule has 0 fully saturated rings. The van der Waals surface area contributed by atoms with E-state index < -0.39 is 4.75 Å². The van der Waals surface area contributed by atoms with Crippen LogP contribution in [-0.4, -0.2) is 34.1 Å². The van der Waals surface area contributed by atoms with Crippen LogP contribution >= 0.6 is 11.8 Å². The number of oxime groups is 1. The molecule has 0 aromatic rings. The zero-order valence-corrected chi connectivity index (χ0v) is 8.84. The van der Waals surface area contributed by atoms with Gasteiger partial charge in [-0.15, -0.1) is 11.8 Å². The first-order valence-electron chi connectivity index (χ1n) is 3.69. The van der Waals surface area contributed by atoms with Crippen molar-refractivity contribution in [1.82, 2.24) is 4.90 Å². The summed E-state index contributed by atoms with van der Waals surface area (Å²) < 4.78 is -0.586. The van der Waals surface area contributed by atoms with Crippen LogP contribution in [0.4, 0.5) is 0 Å². The summed E-state index contributed by atoms with van der Waals surface area (Å²) in [6.45, 7) is 7.11. The van der Waals surface area contributed by atoms with Gasteiger partial charge < -0.3 is 10.1 Å². The van der Waals surface area contributed by atoms with Crippen molar-refractivity contribution in [1.29, 1.82) is 0 Å². The highest BCUT2D eigenvalue weighted by Gasteiger charge is 2.29. The minimum Gasteiger partial charge on any atom is -0.410 e. The molecule has 0 rings (SSSR count). The second kappa shape index (κ2) is 4.91. The fourth-order valence-electron chi connectivity index (χ4n) is 0.813. The molecule has 0 bridgehead atoms. The Hall–Kier alpha value is -0.970. The lowest BCUT2D eigenvalue weighted by Gasteiger charge is -2.24. The third-order valence-corrected chi connectivity index (χ3v) is 2.37. The molecule has 0 unspecified atom stereocenters. The first-order chi connectivity index (χ1) is 5.95. The van der Waals surface area contributed by atoms with Crippen LogP contribution in [0, 0.1) is 0 Å². The standard InChI is InChI=1S/C8H14N2O2S/c1-5-13-8(2,3)7(11)10(4)6-9-12/h5-6,12H,1H2,2-4H3. The van der Waals surface area contributed by atoms with Crippen LogP contribution in [0.15, 0.2) is 17.1 Å². The molecular weight excluding hydrogens is 188 g/mol. The molecule has 0 aromatic carbocycles. The van der Waals surface area contributed by atoms with E-state index in [0.717, 1.165) is 6.34 Å². The second-order valence-electron chi connectivity index (χ2n) is 2.94. The highest BCUT2D eigenvalue weighted by atomic mass is 32.2. The number of amides is 1. The van der Waals surface area contributed by atoms with Crippen LogP contribution in [0.3, 0.4) is 0 Å². The number of thioether (sulfide) groups is 1. The molecule has 5 heteroatoms. The molecule has 0 radical (unpaired) electrons. The van der Waals surface area contributed by atoms with Crippen molar-refractivity contribution < 1.29 is 10.0 Å². The molecule has 13 heavy (non-hydrogen) atoms. The van der Waals surface area contributed by atoms with E-state index >= 15 is 0 Å². The molecule has 74 valence electrons. The maximum absolute atomic E-state index is 11.6. The zero-order valence-electron chi connectivity index (χ0n) is 8.02. The van der Waals surface area contributed by atoms with E-state index in [2.05, 4.69) is 11.7 Å². The van der Waals surface area contributed by atoms with Crippen LogP contribution < -0.4 is 0 Å². The quantitative estimate of drug-likeness (QED) is 0.325. The van der Waals surface area contributed by atoms with Gasteiger partial charge in [0.05, 0.1) is 4.75 Å². The van der Waals surface area contributed by atoms with Crippen molar-refractivity contribution in [3.05, 3.63) is 12.0 Å².